The van der Waals surface area contributed by atoms with Gasteiger partial charge in [0, 0.05) is 17.5 Å². The predicted octanol–water partition coefficient (Wildman–Crippen LogP) is 1.92. The van der Waals surface area contributed by atoms with E-state index in [0.717, 1.165) is 11.3 Å². The number of ether oxygens (including phenoxy) is 1. The van der Waals surface area contributed by atoms with Crippen molar-refractivity contribution in [3.05, 3.63) is 29.8 Å². The minimum absolute atomic E-state index is 0.0328. The van der Waals surface area contributed by atoms with Gasteiger partial charge in [-0.1, -0.05) is 18.2 Å². The summed E-state index contributed by atoms with van der Waals surface area (Å²) in [6.07, 6.45) is 0.425. The summed E-state index contributed by atoms with van der Waals surface area (Å²) in [6.45, 7) is 3.99. The second kappa shape index (κ2) is 5.53. The molecule has 0 saturated carbocycles. The van der Waals surface area contributed by atoms with Crippen LogP contribution < -0.4 is 10.1 Å². The Labute approximate surface area is 117 Å². The fourth-order valence-electron chi connectivity index (χ4n) is 2.28. The summed E-state index contributed by atoms with van der Waals surface area (Å²) >= 11 is 0. The lowest BCUT2D eigenvalue weighted by molar-refractivity contribution is -0.138. The average Bonchev–Trinajstić information content (AvgIpc) is 2.80. The Hall–Kier alpha value is -2.04. The molecule has 1 aliphatic heterocycles. The maximum Gasteiger partial charge on any atom is 0.303 e. The van der Waals surface area contributed by atoms with E-state index in [4.69, 9.17) is 9.84 Å². The number of para-hydroxylation sites is 1. The molecule has 1 aromatic carbocycles. The second-order valence-corrected chi connectivity index (χ2v) is 5.67. The molecule has 2 N–H and O–H groups in total. The van der Waals surface area contributed by atoms with Crippen molar-refractivity contribution in [1.82, 2.24) is 5.32 Å². The summed E-state index contributed by atoms with van der Waals surface area (Å²) < 4.78 is 5.49. The van der Waals surface area contributed by atoms with Gasteiger partial charge in [-0.05, 0) is 26.3 Å². The van der Waals surface area contributed by atoms with Crippen molar-refractivity contribution in [2.45, 2.75) is 38.1 Å². The van der Waals surface area contributed by atoms with Crippen molar-refractivity contribution in [3.8, 4) is 5.75 Å². The number of nitrogens with one attached hydrogen (secondary N) is 1. The highest BCUT2D eigenvalue weighted by molar-refractivity contribution is 5.86. The molecule has 108 valence electrons. The molecular formula is C15H19NO4. The van der Waals surface area contributed by atoms with Crippen LogP contribution in [0.2, 0.25) is 0 Å². The van der Waals surface area contributed by atoms with Crippen LogP contribution in [0.15, 0.2) is 24.3 Å². The molecule has 1 aliphatic rings. The number of carbonyl (C=O) groups excluding carboxylic acids is 1. The summed E-state index contributed by atoms with van der Waals surface area (Å²) in [7, 11) is 0. The van der Waals surface area contributed by atoms with Gasteiger partial charge in [0.05, 0.1) is 0 Å². The summed E-state index contributed by atoms with van der Waals surface area (Å²) in [5, 5.41) is 11.6. The fourth-order valence-corrected chi connectivity index (χ4v) is 2.28. The molecule has 1 aromatic rings. The standard InChI is InChI=1S/C15H19NO4/c1-15(2,8-7-13(17)18)16-14(19)11-9-20-12-6-4-3-5-10(11)12/h3-6,11H,7-9H2,1-2H3,(H,16,19)(H,17,18). The first-order valence-electron chi connectivity index (χ1n) is 6.64. The van der Waals surface area contributed by atoms with Gasteiger partial charge in [0.15, 0.2) is 0 Å². The third-order valence-electron chi connectivity index (χ3n) is 3.44. The van der Waals surface area contributed by atoms with Gasteiger partial charge >= 0.3 is 5.97 Å². The maximum absolute atomic E-state index is 12.3. The van der Waals surface area contributed by atoms with E-state index in [1.807, 2.05) is 38.1 Å². The summed E-state index contributed by atoms with van der Waals surface area (Å²) in [4.78, 5) is 22.9. The first kappa shape index (κ1) is 14.4. The van der Waals surface area contributed by atoms with Crippen LogP contribution in [0.3, 0.4) is 0 Å². The highest BCUT2D eigenvalue weighted by atomic mass is 16.5. The van der Waals surface area contributed by atoms with Crippen LogP contribution in [0.25, 0.3) is 0 Å². The molecule has 0 spiro atoms. The molecule has 0 aromatic heterocycles. The van der Waals surface area contributed by atoms with Gasteiger partial charge in [-0.25, -0.2) is 0 Å². The van der Waals surface area contributed by atoms with E-state index in [1.54, 1.807) is 0 Å². The van der Waals surface area contributed by atoms with Crippen LogP contribution in [0, 0.1) is 0 Å². The predicted molar refractivity (Wildman–Crippen MR) is 73.8 cm³/mol. The van der Waals surface area contributed by atoms with Crippen LogP contribution in [-0.2, 0) is 9.59 Å². The molecule has 5 heteroatoms. The SMILES string of the molecule is CC(C)(CCC(=O)O)NC(=O)C1COc2ccccc21. The van der Waals surface area contributed by atoms with Crippen molar-refractivity contribution in [2.75, 3.05) is 6.61 Å². The van der Waals surface area contributed by atoms with Crippen molar-refractivity contribution in [1.29, 1.82) is 0 Å². The van der Waals surface area contributed by atoms with Crippen LogP contribution in [-0.4, -0.2) is 29.1 Å². The summed E-state index contributed by atoms with van der Waals surface area (Å²) in [5.74, 6) is -0.557. The van der Waals surface area contributed by atoms with E-state index in [1.165, 1.54) is 0 Å². The third kappa shape index (κ3) is 3.29. The smallest absolute Gasteiger partial charge is 0.303 e. The third-order valence-corrected chi connectivity index (χ3v) is 3.44. The fraction of sp³-hybridized carbons (Fsp3) is 0.467. The zero-order valence-electron chi connectivity index (χ0n) is 11.7. The van der Waals surface area contributed by atoms with E-state index in [-0.39, 0.29) is 18.2 Å². The largest absolute Gasteiger partial charge is 0.492 e. The van der Waals surface area contributed by atoms with Gasteiger partial charge in [0.1, 0.15) is 18.3 Å². The average molecular weight is 277 g/mol. The Morgan fingerprint density at radius 2 is 2.10 bits per heavy atom. The van der Waals surface area contributed by atoms with Crippen molar-refractivity contribution < 1.29 is 19.4 Å². The lowest BCUT2D eigenvalue weighted by atomic mass is 9.95. The van der Waals surface area contributed by atoms with Crippen molar-refractivity contribution in [3.63, 3.8) is 0 Å². The van der Waals surface area contributed by atoms with Crippen molar-refractivity contribution >= 4 is 11.9 Å². The first-order valence-corrected chi connectivity index (χ1v) is 6.64. The highest BCUT2D eigenvalue weighted by Crippen LogP contribution is 2.33. The number of carbonyl (C=O) groups is 2. The topological polar surface area (TPSA) is 75.6 Å². The van der Waals surface area contributed by atoms with Crippen LogP contribution in [0.4, 0.5) is 0 Å². The zero-order valence-corrected chi connectivity index (χ0v) is 11.7. The number of aliphatic carboxylic acids is 1. The van der Waals surface area contributed by atoms with Crippen LogP contribution in [0.1, 0.15) is 38.2 Å². The summed E-state index contributed by atoms with van der Waals surface area (Å²) in [5.41, 5.74) is 0.339. The Balaban J connectivity index is 2.01. The minimum Gasteiger partial charge on any atom is -0.492 e. The van der Waals surface area contributed by atoms with E-state index < -0.39 is 11.5 Å². The molecule has 0 radical (unpaired) electrons. The molecule has 0 aliphatic carbocycles. The maximum atomic E-state index is 12.3. The lowest BCUT2D eigenvalue weighted by Gasteiger charge is -2.27. The number of carboxylic acid groups (broad SMARTS) is 1. The van der Waals surface area contributed by atoms with Crippen LogP contribution >= 0.6 is 0 Å². The number of hydrogen-bond donors (Lipinski definition) is 2. The molecule has 0 bridgehead atoms. The monoisotopic (exact) mass is 277 g/mol. The van der Waals surface area contributed by atoms with E-state index in [2.05, 4.69) is 5.32 Å². The first-order chi connectivity index (χ1) is 9.39. The Morgan fingerprint density at radius 3 is 2.80 bits per heavy atom. The molecule has 1 amide bonds. The Bertz CT molecular complexity index is 524. The van der Waals surface area contributed by atoms with Crippen LogP contribution in [0.5, 0.6) is 5.75 Å². The number of hydrogen-bond acceptors (Lipinski definition) is 3. The van der Waals surface area contributed by atoms with Gasteiger partial charge < -0.3 is 15.2 Å². The molecule has 0 saturated heterocycles. The zero-order chi connectivity index (χ0) is 14.8. The summed E-state index contributed by atoms with van der Waals surface area (Å²) in [6, 6.07) is 7.48. The van der Waals surface area contributed by atoms with E-state index in [9.17, 15) is 9.59 Å². The molecule has 20 heavy (non-hydrogen) atoms. The number of amides is 1. The van der Waals surface area contributed by atoms with Crippen molar-refractivity contribution in [2.24, 2.45) is 0 Å². The molecular weight excluding hydrogens is 258 g/mol. The second-order valence-electron chi connectivity index (χ2n) is 5.67. The quantitative estimate of drug-likeness (QED) is 0.862. The molecule has 5 nitrogen and oxygen atoms in total. The number of carboxylic acids is 1. The minimum atomic E-state index is -0.859. The van der Waals surface area contributed by atoms with Gasteiger partial charge in [-0.2, -0.15) is 0 Å². The van der Waals surface area contributed by atoms with Gasteiger partial charge in [0.25, 0.3) is 0 Å². The Kier molecular flexibility index (Phi) is 3.97. The molecule has 2 rings (SSSR count). The molecule has 1 heterocycles. The van der Waals surface area contributed by atoms with E-state index >= 15 is 0 Å². The van der Waals surface area contributed by atoms with E-state index in [0.29, 0.717) is 13.0 Å². The molecule has 1 atom stereocenters. The number of fused-ring (bicyclic) bond motifs is 1. The van der Waals surface area contributed by atoms with Gasteiger partial charge in [0.2, 0.25) is 5.91 Å². The normalized spacial score (nSPS) is 17.2. The molecule has 0 fully saturated rings. The lowest BCUT2D eigenvalue weighted by Crippen LogP contribution is -2.46. The van der Waals surface area contributed by atoms with Gasteiger partial charge in [-0.15, -0.1) is 0 Å². The Morgan fingerprint density at radius 1 is 1.40 bits per heavy atom. The van der Waals surface area contributed by atoms with Gasteiger partial charge in [-0.3, -0.25) is 9.59 Å². The number of benzene rings is 1. The highest BCUT2D eigenvalue weighted by Gasteiger charge is 2.33. The number of rotatable bonds is 5. The molecule has 1 unspecified atom stereocenters.